The van der Waals surface area contributed by atoms with E-state index in [0.717, 1.165) is 55.4 Å². The van der Waals surface area contributed by atoms with Crippen LogP contribution in [0.5, 0.6) is 0 Å². The number of nitrogens with zero attached hydrogens (tertiary/aromatic N) is 3. The number of aromatic nitrogens is 2. The molecule has 1 aromatic heterocycles. The van der Waals surface area contributed by atoms with E-state index >= 15 is 0 Å². The number of anilines is 2. The van der Waals surface area contributed by atoms with Crippen molar-refractivity contribution in [2.45, 2.75) is 47.0 Å². The first kappa shape index (κ1) is 14.7. The molecule has 0 aliphatic heterocycles. The van der Waals surface area contributed by atoms with Gasteiger partial charge in [0, 0.05) is 32.1 Å². The lowest BCUT2D eigenvalue weighted by Crippen LogP contribution is -2.21. The molecule has 0 saturated carbocycles. The van der Waals surface area contributed by atoms with Crippen LogP contribution in [0.2, 0.25) is 0 Å². The highest BCUT2D eigenvalue weighted by Gasteiger charge is 2.12. The minimum atomic E-state index is 0.936. The van der Waals surface area contributed by atoms with Gasteiger partial charge in [-0.2, -0.15) is 0 Å². The molecule has 0 unspecified atom stereocenters. The summed E-state index contributed by atoms with van der Waals surface area (Å²) in [6.45, 7) is 10.5. The molecular formula is C14H26N4. The van der Waals surface area contributed by atoms with Gasteiger partial charge in [-0.05, 0) is 26.7 Å². The molecule has 1 aromatic rings. The zero-order chi connectivity index (χ0) is 13.5. The van der Waals surface area contributed by atoms with Crippen LogP contribution in [0, 0.1) is 6.92 Å². The largest absolute Gasteiger partial charge is 0.370 e. The fourth-order valence-electron chi connectivity index (χ4n) is 1.82. The molecule has 0 atom stereocenters. The third-order valence-corrected chi connectivity index (χ3v) is 3.02. The van der Waals surface area contributed by atoms with E-state index in [-0.39, 0.29) is 0 Å². The van der Waals surface area contributed by atoms with Gasteiger partial charge in [-0.15, -0.1) is 0 Å². The summed E-state index contributed by atoms with van der Waals surface area (Å²) >= 11 is 0. The summed E-state index contributed by atoms with van der Waals surface area (Å²) in [6, 6.07) is 0. The summed E-state index contributed by atoms with van der Waals surface area (Å²) in [5.74, 6) is 2.98. The van der Waals surface area contributed by atoms with Gasteiger partial charge in [0.25, 0.3) is 0 Å². The molecule has 0 radical (unpaired) electrons. The van der Waals surface area contributed by atoms with E-state index in [2.05, 4.69) is 54.9 Å². The Morgan fingerprint density at radius 2 is 1.83 bits per heavy atom. The molecule has 1 rings (SSSR count). The van der Waals surface area contributed by atoms with Crippen LogP contribution >= 0.6 is 0 Å². The van der Waals surface area contributed by atoms with Gasteiger partial charge in [-0.3, -0.25) is 0 Å². The van der Waals surface area contributed by atoms with E-state index in [4.69, 9.17) is 0 Å². The zero-order valence-corrected chi connectivity index (χ0v) is 12.4. The topological polar surface area (TPSA) is 41.1 Å². The van der Waals surface area contributed by atoms with E-state index in [1.165, 1.54) is 0 Å². The maximum absolute atomic E-state index is 4.68. The SMILES string of the molecule is CCCNc1nc(CCC)nc(N(C)CC)c1C. The second-order valence-electron chi connectivity index (χ2n) is 4.63. The van der Waals surface area contributed by atoms with Gasteiger partial charge in [-0.1, -0.05) is 13.8 Å². The van der Waals surface area contributed by atoms with Crippen molar-refractivity contribution in [3.63, 3.8) is 0 Å². The summed E-state index contributed by atoms with van der Waals surface area (Å²) in [4.78, 5) is 11.5. The monoisotopic (exact) mass is 250 g/mol. The third-order valence-electron chi connectivity index (χ3n) is 3.02. The Bertz CT molecular complexity index is 376. The maximum atomic E-state index is 4.68. The average Bonchev–Trinajstić information content (AvgIpc) is 2.38. The van der Waals surface area contributed by atoms with Crippen LogP contribution < -0.4 is 10.2 Å². The van der Waals surface area contributed by atoms with E-state index in [1.54, 1.807) is 0 Å². The number of hydrogen-bond donors (Lipinski definition) is 1. The number of hydrogen-bond acceptors (Lipinski definition) is 4. The molecule has 18 heavy (non-hydrogen) atoms. The smallest absolute Gasteiger partial charge is 0.137 e. The Labute approximate surface area is 111 Å². The van der Waals surface area contributed by atoms with E-state index < -0.39 is 0 Å². The Morgan fingerprint density at radius 3 is 2.39 bits per heavy atom. The van der Waals surface area contributed by atoms with Crippen LogP contribution in [0.15, 0.2) is 0 Å². The molecule has 4 heteroatoms. The van der Waals surface area contributed by atoms with Crippen LogP contribution in [0.25, 0.3) is 0 Å². The molecule has 0 aliphatic rings. The summed E-state index contributed by atoms with van der Waals surface area (Å²) in [6.07, 6.45) is 3.11. The lowest BCUT2D eigenvalue weighted by Gasteiger charge is -2.21. The highest BCUT2D eigenvalue weighted by Crippen LogP contribution is 2.23. The third kappa shape index (κ3) is 3.59. The van der Waals surface area contributed by atoms with Crippen molar-refractivity contribution in [3.05, 3.63) is 11.4 Å². The van der Waals surface area contributed by atoms with Gasteiger partial charge < -0.3 is 10.2 Å². The summed E-state index contributed by atoms with van der Waals surface area (Å²) in [5, 5.41) is 3.40. The van der Waals surface area contributed by atoms with Gasteiger partial charge in [-0.25, -0.2) is 9.97 Å². The first-order valence-corrected chi connectivity index (χ1v) is 6.96. The van der Waals surface area contributed by atoms with Crippen molar-refractivity contribution in [2.24, 2.45) is 0 Å². The predicted octanol–water partition coefficient (Wildman–Crippen LogP) is 3.02. The van der Waals surface area contributed by atoms with Gasteiger partial charge in [0.2, 0.25) is 0 Å². The average molecular weight is 250 g/mol. The van der Waals surface area contributed by atoms with Crippen molar-refractivity contribution in [2.75, 3.05) is 30.4 Å². The maximum Gasteiger partial charge on any atom is 0.137 e. The van der Waals surface area contributed by atoms with Crippen molar-refractivity contribution in [3.8, 4) is 0 Å². The summed E-state index contributed by atoms with van der Waals surface area (Å²) < 4.78 is 0. The molecular weight excluding hydrogens is 224 g/mol. The molecule has 102 valence electrons. The van der Waals surface area contributed by atoms with Gasteiger partial charge in [0.05, 0.1) is 0 Å². The normalized spacial score (nSPS) is 10.5. The van der Waals surface area contributed by atoms with E-state index in [9.17, 15) is 0 Å². The zero-order valence-electron chi connectivity index (χ0n) is 12.4. The fraction of sp³-hybridized carbons (Fsp3) is 0.714. The van der Waals surface area contributed by atoms with Crippen molar-refractivity contribution >= 4 is 11.6 Å². The molecule has 1 N–H and O–H groups in total. The predicted molar refractivity (Wildman–Crippen MR) is 78.5 cm³/mol. The Kier molecular flexibility index (Phi) is 5.89. The number of aryl methyl sites for hydroxylation is 1. The molecule has 0 aliphatic carbocycles. The fourth-order valence-corrected chi connectivity index (χ4v) is 1.82. The van der Waals surface area contributed by atoms with Crippen LogP contribution in [-0.4, -0.2) is 30.1 Å². The minimum absolute atomic E-state index is 0.936. The molecule has 0 saturated heterocycles. The van der Waals surface area contributed by atoms with E-state index in [1.807, 2.05) is 0 Å². The molecule has 1 heterocycles. The summed E-state index contributed by atoms with van der Waals surface area (Å²) in [7, 11) is 2.08. The highest BCUT2D eigenvalue weighted by atomic mass is 15.2. The first-order valence-electron chi connectivity index (χ1n) is 6.96. The van der Waals surface area contributed by atoms with Crippen molar-refractivity contribution in [1.29, 1.82) is 0 Å². The van der Waals surface area contributed by atoms with Gasteiger partial charge >= 0.3 is 0 Å². The standard InChI is InChI=1S/C14H26N4/c1-6-9-12-16-13(15-10-7-2)11(4)14(17-12)18(5)8-3/h6-10H2,1-5H3,(H,15,16,17). The highest BCUT2D eigenvalue weighted by molar-refractivity contribution is 5.58. The van der Waals surface area contributed by atoms with Gasteiger partial charge in [0.15, 0.2) is 0 Å². The van der Waals surface area contributed by atoms with Gasteiger partial charge in [0.1, 0.15) is 17.5 Å². The summed E-state index contributed by atoms with van der Waals surface area (Å²) in [5.41, 5.74) is 1.15. The van der Waals surface area contributed by atoms with Crippen LogP contribution in [0.4, 0.5) is 11.6 Å². The number of nitrogens with one attached hydrogen (secondary N) is 1. The van der Waals surface area contributed by atoms with Crippen molar-refractivity contribution < 1.29 is 0 Å². The second-order valence-corrected chi connectivity index (χ2v) is 4.63. The molecule has 0 amide bonds. The van der Waals surface area contributed by atoms with Crippen LogP contribution in [-0.2, 0) is 6.42 Å². The molecule has 0 bridgehead atoms. The Morgan fingerprint density at radius 1 is 1.11 bits per heavy atom. The number of rotatable bonds is 7. The first-order chi connectivity index (χ1) is 8.63. The minimum Gasteiger partial charge on any atom is -0.370 e. The quantitative estimate of drug-likeness (QED) is 0.807. The lowest BCUT2D eigenvalue weighted by atomic mass is 10.2. The molecule has 0 fully saturated rings. The molecule has 4 nitrogen and oxygen atoms in total. The van der Waals surface area contributed by atoms with Crippen LogP contribution in [0.1, 0.15) is 45.0 Å². The van der Waals surface area contributed by atoms with Crippen LogP contribution in [0.3, 0.4) is 0 Å². The molecule has 0 spiro atoms. The Hall–Kier alpha value is -1.32. The second kappa shape index (κ2) is 7.19. The van der Waals surface area contributed by atoms with Crippen molar-refractivity contribution in [1.82, 2.24) is 9.97 Å². The van der Waals surface area contributed by atoms with E-state index in [0.29, 0.717) is 0 Å². The molecule has 0 aromatic carbocycles. The Balaban J connectivity index is 3.10. The lowest BCUT2D eigenvalue weighted by molar-refractivity contribution is 0.811.